The smallest absolute Gasteiger partial charge is 0.255 e. The molecule has 180 valence electrons. The Hall–Kier alpha value is -3.61. The Kier molecular flexibility index (Phi) is 8.46. The molecule has 3 atom stereocenters. The lowest BCUT2D eigenvalue weighted by atomic mass is 9.91. The Balaban J connectivity index is 1.61. The van der Waals surface area contributed by atoms with Crippen molar-refractivity contribution in [3.05, 3.63) is 65.7 Å². The number of carbonyl (C=O) groups is 3. The minimum Gasteiger partial charge on any atom is -0.497 e. The van der Waals surface area contributed by atoms with Crippen LogP contribution in [-0.2, 0) is 9.59 Å². The Morgan fingerprint density at radius 3 is 2.32 bits per heavy atom. The molecule has 2 aromatic rings. The fourth-order valence-corrected chi connectivity index (χ4v) is 4.23. The fourth-order valence-electron chi connectivity index (χ4n) is 4.23. The number of para-hydroxylation sites is 1. The van der Waals surface area contributed by atoms with Crippen molar-refractivity contribution >= 4 is 29.5 Å². The molecule has 1 aliphatic heterocycles. The molecule has 0 saturated carbocycles. The molecule has 1 heterocycles. The van der Waals surface area contributed by atoms with Crippen molar-refractivity contribution in [1.82, 2.24) is 10.2 Å². The van der Waals surface area contributed by atoms with Gasteiger partial charge in [0.25, 0.3) is 5.91 Å². The first-order chi connectivity index (χ1) is 16.3. The lowest BCUT2D eigenvalue weighted by Crippen LogP contribution is -2.43. The van der Waals surface area contributed by atoms with Gasteiger partial charge in [-0.15, -0.1) is 0 Å². The zero-order chi connectivity index (χ0) is 24.7. The van der Waals surface area contributed by atoms with E-state index in [4.69, 9.17) is 4.74 Å². The summed E-state index contributed by atoms with van der Waals surface area (Å²) < 4.78 is 5.12. The van der Waals surface area contributed by atoms with Crippen LogP contribution in [0.3, 0.4) is 0 Å². The van der Waals surface area contributed by atoms with Crippen LogP contribution in [0.2, 0.25) is 0 Å². The summed E-state index contributed by atoms with van der Waals surface area (Å²) in [7, 11) is 1.59. The van der Waals surface area contributed by atoms with E-state index >= 15 is 0 Å². The Labute approximate surface area is 201 Å². The first kappa shape index (κ1) is 25.0. The van der Waals surface area contributed by atoms with Gasteiger partial charge in [-0.1, -0.05) is 38.1 Å². The van der Waals surface area contributed by atoms with Gasteiger partial charge >= 0.3 is 0 Å². The largest absolute Gasteiger partial charge is 0.497 e. The highest BCUT2D eigenvalue weighted by Gasteiger charge is 2.28. The van der Waals surface area contributed by atoms with Crippen LogP contribution in [0.5, 0.6) is 5.75 Å². The SMILES string of the molecule is COc1ccc(/C=C/C(=O)NC(C)C(=O)Nc2ccccc2C(=O)N2CC(C)CC(C)C2)cc1. The summed E-state index contributed by atoms with van der Waals surface area (Å²) in [5.41, 5.74) is 1.73. The normalized spacial score (nSPS) is 18.9. The molecule has 0 spiro atoms. The second-order valence-electron chi connectivity index (χ2n) is 9.03. The van der Waals surface area contributed by atoms with Gasteiger partial charge in [-0.2, -0.15) is 0 Å². The van der Waals surface area contributed by atoms with Gasteiger partial charge in [-0.05, 0) is 61.1 Å². The third kappa shape index (κ3) is 6.70. The molecular formula is C27H33N3O4. The molecule has 0 aliphatic carbocycles. The highest BCUT2D eigenvalue weighted by atomic mass is 16.5. The Bertz CT molecular complexity index is 1040. The number of nitrogens with one attached hydrogen (secondary N) is 2. The number of anilines is 1. The van der Waals surface area contributed by atoms with Crippen LogP contribution in [-0.4, -0.2) is 48.9 Å². The summed E-state index contributed by atoms with van der Waals surface area (Å²) in [5, 5.41) is 5.46. The van der Waals surface area contributed by atoms with Crippen LogP contribution in [0.15, 0.2) is 54.6 Å². The Morgan fingerprint density at radius 1 is 1.03 bits per heavy atom. The van der Waals surface area contributed by atoms with Crippen molar-refractivity contribution < 1.29 is 19.1 Å². The third-order valence-corrected chi connectivity index (χ3v) is 5.87. The molecule has 2 aromatic carbocycles. The van der Waals surface area contributed by atoms with E-state index < -0.39 is 11.9 Å². The van der Waals surface area contributed by atoms with Crippen molar-refractivity contribution in [2.75, 3.05) is 25.5 Å². The minimum atomic E-state index is -0.786. The number of nitrogens with zero attached hydrogens (tertiary/aromatic N) is 1. The van der Waals surface area contributed by atoms with E-state index in [-0.39, 0.29) is 11.8 Å². The highest BCUT2D eigenvalue weighted by Crippen LogP contribution is 2.25. The second-order valence-corrected chi connectivity index (χ2v) is 9.03. The molecular weight excluding hydrogens is 430 g/mol. The summed E-state index contributed by atoms with van der Waals surface area (Å²) in [5.74, 6) is 0.737. The van der Waals surface area contributed by atoms with Crippen molar-refractivity contribution in [3.63, 3.8) is 0 Å². The first-order valence-corrected chi connectivity index (χ1v) is 11.6. The molecule has 3 amide bonds. The molecule has 0 bridgehead atoms. The number of hydrogen-bond donors (Lipinski definition) is 2. The molecule has 1 fully saturated rings. The summed E-state index contributed by atoms with van der Waals surface area (Å²) in [6.07, 6.45) is 4.14. The predicted octanol–water partition coefficient (Wildman–Crippen LogP) is 3.97. The Morgan fingerprint density at radius 2 is 1.68 bits per heavy atom. The number of methoxy groups -OCH3 is 1. The second kappa shape index (κ2) is 11.5. The van der Waals surface area contributed by atoms with E-state index in [1.54, 1.807) is 56.5 Å². The van der Waals surface area contributed by atoms with Crippen molar-refractivity contribution in [1.29, 1.82) is 0 Å². The van der Waals surface area contributed by atoms with Gasteiger partial charge in [0.2, 0.25) is 11.8 Å². The van der Waals surface area contributed by atoms with Crippen molar-refractivity contribution in [3.8, 4) is 5.75 Å². The lowest BCUT2D eigenvalue weighted by molar-refractivity contribution is -0.123. The first-order valence-electron chi connectivity index (χ1n) is 11.6. The number of amides is 3. The van der Waals surface area contributed by atoms with Crippen LogP contribution in [0.1, 0.15) is 43.1 Å². The maximum atomic E-state index is 13.2. The molecule has 3 rings (SSSR count). The van der Waals surface area contributed by atoms with Crippen LogP contribution < -0.4 is 15.4 Å². The van der Waals surface area contributed by atoms with Gasteiger partial charge in [-0.25, -0.2) is 0 Å². The number of likely N-dealkylation sites (tertiary alicyclic amines) is 1. The topological polar surface area (TPSA) is 87.7 Å². The third-order valence-electron chi connectivity index (χ3n) is 5.87. The van der Waals surface area contributed by atoms with Gasteiger partial charge in [0.15, 0.2) is 0 Å². The summed E-state index contributed by atoms with van der Waals surface area (Å²) in [6.45, 7) is 7.32. The zero-order valence-corrected chi connectivity index (χ0v) is 20.2. The van der Waals surface area contributed by atoms with E-state index in [0.29, 0.717) is 36.2 Å². The van der Waals surface area contributed by atoms with Crippen LogP contribution in [0, 0.1) is 11.8 Å². The number of piperidine rings is 1. The average molecular weight is 464 g/mol. The fraction of sp³-hybridized carbons (Fsp3) is 0.370. The summed E-state index contributed by atoms with van der Waals surface area (Å²) in [4.78, 5) is 40.1. The van der Waals surface area contributed by atoms with Gasteiger partial charge in [0, 0.05) is 19.2 Å². The zero-order valence-electron chi connectivity index (χ0n) is 20.2. The van der Waals surface area contributed by atoms with Crippen LogP contribution >= 0.6 is 0 Å². The molecule has 0 radical (unpaired) electrons. The summed E-state index contributed by atoms with van der Waals surface area (Å²) >= 11 is 0. The highest BCUT2D eigenvalue weighted by molar-refractivity contribution is 6.06. The standard InChI is InChI=1S/C27H33N3O4/c1-18-15-19(2)17-30(16-18)27(33)23-7-5-6-8-24(23)29-26(32)20(3)28-25(31)14-11-21-9-12-22(34-4)13-10-21/h5-14,18-20H,15-17H2,1-4H3,(H,28,31)(H,29,32)/b14-11+. The molecule has 1 saturated heterocycles. The van der Waals surface area contributed by atoms with Crippen LogP contribution in [0.25, 0.3) is 6.08 Å². The van der Waals surface area contributed by atoms with Crippen molar-refractivity contribution in [2.24, 2.45) is 11.8 Å². The van der Waals surface area contributed by atoms with Gasteiger partial charge in [0.05, 0.1) is 18.4 Å². The quantitative estimate of drug-likeness (QED) is 0.608. The number of hydrogen-bond acceptors (Lipinski definition) is 4. The molecule has 7 nitrogen and oxygen atoms in total. The molecule has 34 heavy (non-hydrogen) atoms. The lowest BCUT2D eigenvalue weighted by Gasteiger charge is -2.35. The van der Waals surface area contributed by atoms with Crippen LogP contribution in [0.4, 0.5) is 5.69 Å². The molecule has 3 unspecified atom stereocenters. The van der Waals surface area contributed by atoms with E-state index in [1.807, 2.05) is 17.0 Å². The van der Waals surface area contributed by atoms with Gasteiger partial charge in [0.1, 0.15) is 11.8 Å². The van der Waals surface area contributed by atoms with E-state index in [0.717, 1.165) is 17.7 Å². The van der Waals surface area contributed by atoms with Crippen molar-refractivity contribution in [2.45, 2.75) is 33.2 Å². The molecule has 7 heteroatoms. The predicted molar refractivity (Wildman–Crippen MR) is 134 cm³/mol. The number of ether oxygens (including phenoxy) is 1. The maximum Gasteiger partial charge on any atom is 0.255 e. The monoisotopic (exact) mass is 463 g/mol. The van der Waals surface area contributed by atoms with E-state index in [2.05, 4.69) is 24.5 Å². The number of carbonyl (C=O) groups excluding carboxylic acids is 3. The molecule has 0 aromatic heterocycles. The number of rotatable bonds is 7. The van der Waals surface area contributed by atoms with E-state index in [9.17, 15) is 14.4 Å². The number of benzene rings is 2. The minimum absolute atomic E-state index is 0.0894. The summed E-state index contributed by atoms with van der Waals surface area (Å²) in [6, 6.07) is 13.5. The molecule has 2 N–H and O–H groups in total. The maximum absolute atomic E-state index is 13.2. The van der Waals surface area contributed by atoms with Gasteiger partial charge in [-0.3, -0.25) is 14.4 Å². The van der Waals surface area contributed by atoms with Gasteiger partial charge < -0.3 is 20.3 Å². The van der Waals surface area contributed by atoms with E-state index in [1.165, 1.54) is 6.08 Å². The average Bonchev–Trinajstić information content (AvgIpc) is 2.82. The molecule has 1 aliphatic rings.